The molecule has 2 saturated carbocycles. The van der Waals surface area contributed by atoms with Crippen LogP contribution in [0.5, 0.6) is 0 Å². The SMILES string of the molecule is CCCC1CCC(OC(=O)C2CCC(CCC=CC=CC#N)CC2)CC1. The van der Waals surface area contributed by atoms with E-state index in [1.54, 1.807) is 6.08 Å². The van der Waals surface area contributed by atoms with Crippen LogP contribution in [0.25, 0.3) is 0 Å². The number of carbonyl (C=O) groups excluding carboxylic acids is 1. The summed E-state index contributed by atoms with van der Waals surface area (Å²) in [6, 6.07) is 1.98. The van der Waals surface area contributed by atoms with Crippen molar-refractivity contribution in [3.63, 3.8) is 0 Å². The Morgan fingerprint density at radius 3 is 2.31 bits per heavy atom. The predicted molar refractivity (Wildman–Crippen MR) is 105 cm³/mol. The Balaban J connectivity index is 1.60. The highest BCUT2D eigenvalue weighted by molar-refractivity contribution is 5.72. The molecular weight excluding hydrogens is 322 g/mol. The minimum absolute atomic E-state index is 0.0731. The molecule has 0 atom stereocenters. The minimum Gasteiger partial charge on any atom is -0.462 e. The van der Waals surface area contributed by atoms with Crippen LogP contribution in [0.4, 0.5) is 0 Å². The molecule has 0 aromatic heterocycles. The summed E-state index contributed by atoms with van der Waals surface area (Å²) in [5.74, 6) is 1.79. The third-order valence-corrected chi connectivity index (χ3v) is 6.11. The van der Waals surface area contributed by atoms with E-state index < -0.39 is 0 Å². The van der Waals surface area contributed by atoms with Crippen LogP contribution in [0.15, 0.2) is 24.3 Å². The molecule has 2 aliphatic carbocycles. The van der Waals surface area contributed by atoms with Gasteiger partial charge >= 0.3 is 5.97 Å². The molecule has 0 unspecified atom stereocenters. The molecule has 0 aliphatic heterocycles. The third-order valence-electron chi connectivity index (χ3n) is 6.11. The van der Waals surface area contributed by atoms with E-state index in [4.69, 9.17) is 10.00 Å². The van der Waals surface area contributed by atoms with Crippen LogP contribution in [0.3, 0.4) is 0 Å². The van der Waals surface area contributed by atoms with E-state index in [1.165, 1.54) is 38.2 Å². The zero-order chi connectivity index (χ0) is 18.6. The summed E-state index contributed by atoms with van der Waals surface area (Å²) < 4.78 is 5.84. The van der Waals surface area contributed by atoms with Crippen molar-refractivity contribution in [1.82, 2.24) is 0 Å². The van der Waals surface area contributed by atoms with Gasteiger partial charge in [0, 0.05) is 6.08 Å². The number of hydrogen-bond acceptors (Lipinski definition) is 3. The lowest BCUT2D eigenvalue weighted by molar-refractivity contribution is -0.157. The number of hydrogen-bond donors (Lipinski definition) is 0. The molecule has 0 saturated heterocycles. The maximum atomic E-state index is 12.5. The van der Waals surface area contributed by atoms with E-state index in [0.717, 1.165) is 56.8 Å². The lowest BCUT2D eigenvalue weighted by atomic mass is 9.80. The van der Waals surface area contributed by atoms with Gasteiger partial charge < -0.3 is 4.74 Å². The highest BCUT2D eigenvalue weighted by Gasteiger charge is 2.30. The molecule has 0 radical (unpaired) electrons. The van der Waals surface area contributed by atoms with Gasteiger partial charge in [-0.3, -0.25) is 4.79 Å². The zero-order valence-electron chi connectivity index (χ0n) is 16.4. The zero-order valence-corrected chi connectivity index (χ0v) is 16.4. The quantitative estimate of drug-likeness (QED) is 0.299. The molecule has 3 nitrogen and oxygen atoms in total. The lowest BCUT2D eigenvalue weighted by Crippen LogP contribution is -2.30. The lowest BCUT2D eigenvalue weighted by Gasteiger charge is -2.31. The Hall–Kier alpha value is -1.56. The van der Waals surface area contributed by atoms with Crippen LogP contribution in [0, 0.1) is 29.1 Å². The van der Waals surface area contributed by atoms with Crippen LogP contribution in [-0.4, -0.2) is 12.1 Å². The van der Waals surface area contributed by atoms with Gasteiger partial charge in [-0.15, -0.1) is 0 Å². The van der Waals surface area contributed by atoms with E-state index in [9.17, 15) is 4.79 Å². The molecule has 144 valence electrons. The first-order valence-electron chi connectivity index (χ1n) is 10.6. The second-order valence-electron chi connectivity index (χ2n) is 8.08. The standard InChI is InChI=1S/C23H35NO2/c1-2-8-19-12-16-22(17-13-19)26-23(25)21-14-10-20(11-15-21)9-6-4-3-5-7-18-24/h3-5,7,19-22H,2,6,8-17H2,1H3. The van der Waals surface area contributed by atoms with E-state index >= 15 is 0 Å². The van der Waals surface area contributed by atoms with Crippen molar-refractivity contribution in [1.29, 1.82) is 5.26 Å². The second-order valence-corrected chi connectivity index (χ2v) is 8.08. The van der Waals surface area contributed by atoms with Crippen LogP contribution in [0.1, 0.15) is 84.0 Å². The monoisotopic (exact) mass is 357 g/mol. The summed E-state index contributed by atoms with van der Waals surface area (Å²) in [6.07, 6.45) is 21.2. The van der Waals surface area contributed by atoms with Gasteiger partial charge in [-0.05, 0) is 76.0 Å². The minimum atomic E-state index is 0.0731. The Morgan fingerprint density at radius 1 is 1.00 bits per heavy atom. The first kappa shape index (κ1) is 20.7. The van der Waals surface area contributed by atoms with Crippen molar-refractivity contribution >= 4 is 5.97 Å². The van der Waals surface area contributed by atoms with Crippen LogP contribution < -0.4 is 0 Å². The van der Waals surface area contributed by atoms with Crippen molar-refractivity contribution in [3.05, 3.63) is 24.3 Å². The Labute approximate surface area is 159 Å². The van der Waals surface area contributed by atoms with Gasteiger partial charge in [0.2, 0.25) is 0 Å². The van der Waals surface area contributed by atoms with Gasteiger partial charge in [-0.25, -0.2) is 0 Å². The highest BCUT2D eigenvalue weighted by Crippen LogP contribution is 2.34. The van der Waals surface area contributed by atoms with Crippen molar-refractivity contribution < 1.29 is 9.53 Å². The summed E-state index contributed by atoms with van der Waals surface area (Å²) in [4.78, 5) is 12.5. The molecule has 0 spiro atoms. The second kappa shape index (κ2) is 11.9. The van der Waals surface area contributed by atoms with Gasteiger partial charge in [0.15, 0.2) is 0 Å². The molecule has 0 aromatic carbocycles. The molecule has 0 heterocycles. The average molecular weight is 358 g/mol. The summed E-state index contributed by atoms with van der Waals surface area (Å²) in [5.41, 5.74) is 0. The largest absolute Gasteiger partial charge is 0.462 e. The van der Waals surface area contributed by atoms with Crippen molar-refractivity contribution in [3.8, 4) is 6.07 Å². The van der Waals surface area contributed by atoms with Gasteiger partial charge in [0.05, 0.1) is 12.0 Å². The molecule has 2 rings (SSSR count). The average Bonchev–Trinajstić information content (AvgIpc) is 2.67. The van der Waals surface area contributed by atoms with E-state index in [1.807, 2.05) is 12.1 Å². The van der Waals surface area contributed by atoms with Gasteiger partial charge in [-0.1, -0.05) is 38.0 Å². The van der Waals surface area contributed by atoms with E-state index in [2.05, 4.69) is 13.0 Å². The fourth-order valence-electron chi connectivity index (χ4n) is 4.50. The highest BCUT2D eigenvalue weighted by atomic mass is 16.5. The fraction of sp³-hybridized carbons (Fsp3) is 0.739. The molecule has 0 N–H and O–H groups in total. The van der Waals surface area contributed by atoms with Crippen molar-refractivity contribution in [2.45, 2.75) is 90.1 Å². The summed E-state index contributed by atoms with van der Waals surface area (Å²) in [5, 5.41) is 8.42. The molecule has 3 heteroatoms. The number of esters is 1. The third kappa shape index (κ3) is 7.36. The number of nitriles is 1. The van der Waals surface area contributed by atoms with Gasteiger partial charge in [0.25, 0.3) is 0 Å². The van der Waals surface area contributed by atoms with Crippen molar-refractivity contribution in [2.24, 2.45) is 17.8 Å². The van der Waals surface area contributed by atoms with Crippen LogP contribution in [-0.2, 0) is 9.53 Å². The summed E-state index contributed by atoms with van der Waals surface area (Å²) in [6.45, 7) is 2.25. The normalized spacial score (nSPS) is 29.7. The Bertz CT molecular complexity index is 501. The number of carbonyl (C=O) groups is 1. The topological polar surface area (TPSA) is 50.1 Å². The molecule has 2 fully saturated rings. The predicted octanol–water partition coefficient (Wildman–Crippen LogP) is 6.11. The molecule has 2 aliphatic rings. The molecule has 0 aromatic rings. The number of nitrogens with zero attached hydrogens (tertiary/aromatic N) is 1. The van der Waals surface area contributed by atoms with Crippen LogP contribution in [0.2, 0.25) is 0 Å². The number of allylic oxidation sites excluding steroid dienone is 4. The van der Waals surface area contributed by atoms with Gasteiger partial charge in [-0.2, -0.15) is 5.26 Å². The summed E-state index contributed by atoms with van der Waals surface area (Å²) >= 11 is 0. The first-order valence-corrected chi connectivity index (χ1v) is 10.6. The molecular formula is C23H35NO2. The molecule has 26 heavy (non-hydrogen) atoms. The van der Waals surface area contributed by atoms with Crippen LogP contribution >= 0.6 is 0 Å². The fourth-order valence-corrected chi connectivity index (χ4v) is 4.50. The maximum absolute atomic E-state index is 12.5. The summed E-state index contributed by atoms with van der Waals surface area (Å²) in [7, 11) is 0. The molecule has 0 bridgehead atoms. The van der Waals surface area contributed by atoms with E-state index in [-0.39, 0.29) is 18.0 Å². The van der Waals surface area contributed by atoms with Crippen molar-refractivity contribution in [2.75, 3.05) is 0 Å². The maximum Gasteiger partial charge on any atom is 0.309 e. The Kier molecular flexibility index (Phi) is 9.53. The first-order chi connectivity index (χ1) is 12.7. The van der Waals surface area contributed by atoms with Gasteiger partial charge in [0.1, 0.15) is 6.10 Å². The molecule has 0 amide bonds. The smallest absolute Gasteiger partial charge is 0.309 e. The number of rotatable bonds is 8. The Morgan fingerprint density at radius 2 is 1.65 bits per heavy atom. The van der Waals surface area contributed by atoms with E-state index in [0.29, 0.717) is 0 Å². The number of ether oxygens (including phenoxy) is 1.